The van der Waals surface area contributed by atoms with Gasteiger partial charge in [0.05, 0.1) is 13.2 Å². The molecule has 0 aromatic heterocycles. The van der Waals surface area contributed by atoms with Crippen LogP contribution in [0.4, 0.5) is 0 Å². The van der Waals surface area contributed by atoms with Crippen LogP contribution in [0, 0.1) is 0 Å². The van der Waals surface area contributed by atoms with Crippen molar-refractivity contribution < 1.29 is 28.0 Å². The first-order valence-electron chi connectivity index (χ1n) is 5.92. The highest BCUT2D eigenvalue weighted by Gasteiger charge is 2.39. The Morgan fingerprint density at radius 2 is 1.44 bits per heavy atom. The van der Waals surface area contributed by atoms with Crippen LogP contribution >= 0.6 is 15.2 Å². The molecule has 108 valence electrons. The van der Waals surface area contributed by atoms with E-state index in [1.54, 1.807) is 0 Å². The van der Waals surface area contributed by atoms with Crippen LogP contribution in [0.15, 0.2) is 11.6 Å². The van der Waals surface area contributed by atoms with E-state index in [9.17, 15) is 9.13 Å². The van der Waals surface area contributed by atoms with Crippen molar-refractivity contribution in [3.8, 4) is 0 Å². The third-order valence-electron chi connectivity index (χ3n) is 2.17. The van der Waals surface area contributed by atoms with Crippen LogP contribution < -0.4 is 0 Å². The van der Waals surface area contributed by atoms with Gasteiger partial charge in [0, 0.05) is 0 Å². The van der Waals surface area contributed by atoms with Gasteiger partial charge in [-0.05, 0) is 12.8 Å². The van der Waals surface area contributed by atoms with E-state index in [-0.39, 0.29) is 13.2 Å². The first kappa shape index (κ1) is 18.0. The molecule has 0 spiro atoms. The molecule has 0 unspecified atom stereocenters. The minimum absolute atomic E-state index is 0.124. The van der Waals surface area contributed by atoms with E-state index < -0.39 is 20.2 Å². The maximum Gasteiger partial charge on any atom is 0.368 e. The summed E-state index contributed by atoms with van der Waals surface area (Å²) in [4.78, 5) is 18.0. The molecular weight excluding hydrogens is 278 g/mol. The van der Waals surface area contributed by atoms with Crippen LogP contribution in [-0.4, -0.2) is 23.0 Å². The molecule has 0 bridgehead atoms. The number of hydrogen-bond acceptors (Lipinski definition) is 4. The topological polar surface area (TPSA) is 93.1 Å². The third-order valence-corrected chi connectivity index (χ3v) is 6.04. The van der Waals surface area contributed by atoms with Crippen LogP contribution in [0.1, 0.15) is 39.5 Å². The second-order valence-electron chi connectivity index (χ2n) is 3.83. The predicted molar refractivity (Wildman–Crippen MR) is 70.5 cm³/mol. The minimum atomic E-state index is -4.68. The summed E-state index contributed by atoms with van der Waals surface area (Å²) in [6, 6.07) is 0. The summed E-state index contributed by atoms with van der Waals surface area (Å²) in [5.74, 6) is 0. The standard InChI is InChI=1S/C10H22O6P2/c1-4-6-8-15-18(14,16-9-7-5-2)10(3)17(11,12)13/h3-9H2,1-2H3,(H2,11,12,13). The van der Waals surface area contributed by atoms with Crippen LogP contribution in [-0.2, 0) is 18.2 Å². The molecular formula is C10H22O6P2. The van der Waals surface area contributed by atoms with Crippen molar-refractivity contribution in [2.24, 2.45) is 0 Å². The number of rotatable bonds is 10. The van der Waals surface area contributed by atoms with E-state index in [1.807, 2.05) is 13.8 Å². The fourth-order valence-corrected chi connectivity index (χ4v) is 3.74. The summed E-state index contributed by atoms with van der Waals surface area (Å²) in [5, 5.41) is -0.762. The Labute approximate surface area is 108 Å². The monoisotopic (exact) mass is 300 g/mol. The van der Waals surface area contributed by atoms with Gasteiger partial charge in [0.1, 0.15) is 5.06 Å². The molecule has 0 atom stereocenters. The van der Waals surface area contributed by atoms with Gasteiger partial charge in [-0.15, -0.1) is 0 Å². The molecule has 8 heteroatoms. The lowest BCUT2D eigenvalue weighted by molar-refractivity contribution is 0.206. The fraction of sp³-hybridized carbons (Fsp3) is 0.800. The molecule has 0 amide bonds. The molecule has 0 fully saturated rings. The van der Waals surface area contributed by atoms with Crippen molar-refractivity contribution in [3.05, 3.63) is 11.6 Å². The second-order valence-corrected chi connectivity index (χ2v) is 7.86. The minimum Gasteiger partial charge on any atom is -0.321 e. The predicted octanol–water partition coefficient (Wildman–Crippen LogP) is 3.46. The Kier molecular flexibility index (Phi) is 8.28. The molecule has 6 nitrogen and oxygen atoms in total. The summed E-state index contributed by atoms with van der Waals surface area (Å²) in [6.45, 7) is 7.27. The third kappa shape index (κ3) is 6.28. The maximum atomic E-state index is 12.3. The molecule has 18 heavy (non-hydrogen) atoms. The Hall–Kier alpha value is 0.0400. The Morgan fingerprint density at radius 1 is 1.06 bits per heavy atom. The highest BCUT2D eigenvalue weighted by Crippen LogP contribution is 2.68. The molecule has 0 aromatic carbocycles. The molecule has 0 aliphatic carbocycles. The Balaban J connectivity index is 4.74. The molecule has 0 aliphatic heterocycles. The molecule has 0 heterocycles. The van der Waals surface area contributed by atoms with Crippen LogP contribution in [0.3, 0.4) is 0 Å². The van der Waals surface area contributed by atoms with Crippen LogP contribution in [0.5, 0.6) is 0 Å². The fourth-order valence-electron chi connectivity index (χ4n) is 1.00. The SMILES string of the molecule is C=C(P(=O)(O)O)P(=O)(OCCCC)OCCCC. The van der Waals surface area contributed by atoms with Gasteiger partial charge >= 0.3 is 15.2 Å². The van der Waals surface area contributed by atoms with Crippen molar-refractivity contribution in [2.45, 2.75) is 39.5 Å². The van der Waals surface area contributed by atoms with Crippen molar-refractivity contribution in [3.63, 3.8) is 0 Å². The van der Waals surface area contributed by atoms with Crippen molar-refractivity contribution >= 4 is 15.2 Å². The molecule has 2 N–H and O–H groups in total. The van der Waals surface area contributed by atoms with Gasteiger partial charge in [-0.1, -0.05) is 33.3 Å². The summed E-state index contributed by atoms with van der Waals surface area (Å²) in [6.07, 6.45) is 2.90. The summed E-state index contributed by atoms with van der Waals surface area (Å²) in [5.41, 5.74) is 0. The zero-order chi connectivity index (χ0) is 14.2. The molecule has 0 saturated carbocycles. The van der Waals surface area contributed by atoms with Crippen molar-refractivity contribution in [1.29, 1.82) is 0 Å². The molecule has 0 rings (SSSR count). The second kappa shape index (κ2) is 8.26. The van der Waals surface area contributed by atoms with Gasteiger partial charge in [0.15, 0.2) is 0 Å². The maximum absolute atomic E-state index is 12.3. The van der Waals surface area contributed by atoms with E-state index in [1.165, 1.54) is 0 Å². The molecule has 0 aromatic rings. The molecule has 0 aliphatic rings. The lowest BCUT2D eigenvalue weighted by atomic mass is 10.4. The lowest BCUT2D eigenvalue weighted by Gasteiger charge is -2.20. The van der Waals surface area contributed by atoms with E-state index in [4.69, 9.17) is 18.8 Å². The summed E-state index contributed by atoms with van der Waals surface area (Å²) in [7, 11) is -8.63. The Bertz CT molecular complexity index is 334. The van der Waals surface area contributed by atoms with E-state index >= 15 is 0 Å². The van der Waals surface area contributed by atoms with Gasteiger partial charge in [-0.25, -0.2) is 0 Å². The highest BCUT2D eigenvalue weighted by atomic mass is 31.2. The van der Waals surface area contributed by atoms with E-state index in [0.717, 1.165) is 12.8 Å². The summed E-state index contributed by atoms with van der Waals surface area (Å²) >= 11 is 0. The number of hydrogen-bond donors (Lipinski definition) is 2. The quantitative estimate of drug-likeness (QED) is 0.474. The normalized spacial score (nSPS) is 12.7. The van der Waals surface area contributed by atoms with Gasteiger partial charge < -0.3 is 18.8 Å². The molecule has 0 saturated heterocycles. The van der Waals surface area contributed by atoms with Crippen molar-refractivity contribution in [2.75, 3.05) is 13.2 Å². The lowest BCUT2D eigenvalue weighted by Crippen LogP contribution is -2.02. The smallest absolute Gasteiger partial charge is 0.321 e. The van der Waals surface area contributed by atoms with Crippen LogP contribution in [0.25, 0.3) is 0 Å². The summed E-state index contributed by atoms with van der Waals surface area (Å²) < 4.78 is 33.5. The highest BCUT2D eigenvalue weighted by molar-refractivity contribution is 7.77. The van der Waals surface area contributed by atoms with E-state index in [2.05, 4.69) is 6.58 Å². The van der Waals surface area contributed by atoms with Gasteiger partial charge in [0.25, 0.3) is 0 Å². The number of unbranched alkanes of at least 4 members (excludes halogenated alkanes) is 2. The first-order chi connectivity index (χ1) is 8.28. The first-order valence-corrected chi connectivity index (χ1v) is 9.08. The zero-order valence-electron chi connectivity index (χ0n) is 10.9. The average molecular weight is 300 g/mol. The van der Waals surface area contributed by atoms with Crippen molar-refractivity contribution in [1.82, 2.24) is 0 Å². The van der Waals surface area contributed by atoms with Gasteiger partial charge in [-0.3, -0.25) is 9.13 Å². The van der Waals surface area contributed by atoms with Gasteiger partial charge in [-0.2, -0.15) is 0 Å². The largest absolute Gasteiger partial charge is 0.368 e. The molecule has 0 radical (unpaired) electrons. The van der Waals surface area contributed by atoms with E-state index in [0.29, 0.717) is 12.8 Å². The van der Waals surface area contributed by atoms with Gasteiger partial charge in [0.2, 0.25) is 0 Å². The van der Waals surface area contributed by atoms with Crippen LogP contribution in [0.2, 0.25) is 0 Å². The zero-order valence-corrected chi connectivity index (χ0v) is 12.7. The average Bonchev–Trinajstić information content (AvgIpc) is 2.27. The Morgan fingerprint density at radius 3 is 1.72 bits per heavy atom.